The number of nitrogens with one attached hydrogen (secondary N) is 1. The van der Waals surface area contributed by atoms with Gasteiger partial charge in [0.2, 0.25) is 0 Å². The van der Waals surface area contributed by atoms with E-state index >= 15 is 0 Å². The Balaban J connectivity index is 1.64. The molecule has 0 spiro atoms. The van der Waals surface area contributed by atoms with Crippen LogP contribution in [0.15, 0.2) is 18.2 Å². The highest BCUT2D eigenvalue weighted by Crippen LogP contribution is 2.32. The molecule has 0 radical (unpaired) electrons. The number of benzene rings is 1. The Bertz CT molecular complexity index is 565. The lowest BCUT2D eigenvalue weighted by Gasteiger charge is -2.21. The van der Waals surface area contributed by atoms with Crippen LogP contribution in [0.1, 0.15) is 25.7 Å². The van der Waals surface area contributed by atoms with Gasteiger partial charge in [-0.2, -0.15) is 0 Å². The number of anilines is 1. The predicted octanol–water partition coefficient (Wildman–Crippen LogP) is 1.80. The van der Waals surface area contributed by atoms with E-state index in [9.17, 15) is 9.59 Å². The quantitative estimate of drug-likeness (QED) is 0.803. The third kappa shape index (κ3) is 3.32. The molecular formula is C16H20N2O4. The van der Waals surface area contributed by atoms with Crippen molar-refractivity contribution in [2.24, 2.45) is 0 Å². The molecule has 22 heavy (non-hydrogen) atoms. The van der Waals surface area contributed by atoms with Crippen LogP contribution in [0, 0.1) is 0 Å². The van der Waals surface area contributed by atoms with E-state index < -0.39 is 11.8 Å². The topological polar surface area (TPSA) is 67.9 Å². The van der Waals surface area contributed by atoms with Crippen LogP contribution in [-0.2, 0) is 9.59 Å². The molecule has 0 aromatic heterocycles. The van der Waals surface area contributed by atoms with E-state index in [0.29, 0.717) is 43.5 Å². The lowest BCUT2D eigenvalue weighted by molar-refractivity contribution is -0.143. The van der Waals surface area contributed by atoms with Crippen molar-refractivity contribution < 1.29 is 19.1 Å². The van der Waals surface area contributed by atoms with Gasteiger partial charge < -0.3 is 19.7 Å². The van der Waals surface area contributed by atoms with E-state index in [0.717, 1.165) is 25.7 Å². The van der Waals surface area contributed by atoms with Gasteiger partial charge in [0.15, 0.2) is 11.5 Å². The Morgan fingerprint density at radius 1 is 0.955 bits per heavy atom. The number of hydrogen-bond acceptors (Lipinski definition) is 4. The van der Waals surface area contributed by atoms with Crippen LogP contribution in [0.4, 0.5) is 5.69 Å². The molecule has 3 rings (SSSR count). The molecule has 1 N–H and O–H groups in total. The fourth-order valence-corrected chi connectivity index (χ4v) is 2.72. The van der Waals surface area contributed by atoms with E-state index in [-0.39, 0.29) is 0 Å². The maximum absolute atomic E-state index is 12.2. The number of amides is 2. The monoisotopic (exact) mass is 304 g/mol. The molecule has 0 aliphatic carbocycles. The number of hydrogen-bond donors (Lipinski definition) is 1. The lowest BCUT2D eigenvalue weighted by Crippen LogP contribution is -2.40. The molecule has 2 heterocycles. The summed E-state index contributed by atoms with van der Waals surface area (Å²) in [6.45, 7) is 2.32. The van der Waals surface area contributed by atoms with Gasteiger partial charge in [0.25, 0.3) is 0 Å². The molecule has 1 fully saturated rings. The zero-order chi connectivity index (χ0) is 15.4. The van der Waals surface area contributed by atoms with Gasteiger partial charge >= 0.3 is 11.8 Å². The van der Waals surface area contributed by atoms with Gasteiger partial charge in [-0.25, -0.2) is 0 Å². The van der Waals surface area contributed by atoms with Crippen LogP contribution in [-0.4, -0.2) is 43.0 Å². The molecule has 2 aliphatic rings. The standard InChI is InChI=1S/C16H20N2O4/c19-15(16(20)18-7-3-1-2-4-8-18)17-12-5-6-13-14(11-12)22-10-9-21-13/h5-6,11H,1-4,7-10H2,(H,17,19). The Morgan fingerprint density at radius 3 is 2.36 bits per heavy atom. The lowest BCUT2D eigenvalue weighted by atomic mass is 10.2. The van der Waals surface area contributed by atoms with E-state index in [1.807, 2.05) is 0 Å². The van der Waals surface area contributed by atoms with Gasteiger partial charge in [0.05, 0.1) is 0 Å². The van der Waals surface area contributed by atoms with E-state index in [1.54, 1.807) is 23.1 Å². The van der Waals surface area contributed by atoms with Gasteiger partial charge in [-0.1, -0.05) is 12.8 Å². The van der Waals surface area contributed by atoms with Crippen molar-refractivity contribution in [3.05, 3.63) is 18.2 Å². The molecule has 118 valence electrons. The number of nitrogens with zero attached hydrogens (tertiary/aromatic N) is 1. The molecule has 1 aromatic rings. The maximum atomic E-state index is 12.2. The third-order valence-electron chi connectivity index (χ3n) is 3.89. The number of rotatable bonds is 1. The van der Waals surface area contributed by atoms with Gasteiger partial charge in [-0.15, -0.1) is 0 Å². The van der Waals surface area contributed by atoms with Gasteiger partial charge in [-0.3, -0.25) is 9.59 Å². The third-order valence-corrected chi connectivity index (χ3v) is 3.89. The smallest absolute Gasteiger partial charge is 0.313 e. The number of fused-ring (bicyclic) bond motifs is 1. The number of carbonyl (C=O) groups excluding carboxylic acids is 2. The van der Waals surface area contributed by atoms with Crippen LogP contribution in [0.3, 0.4) is 0 Å². The zero-order valence-electron chi connectivity index (χ0n) is 12.5. The summed E-state index contributed by atoms with van der Waals surface area (Å²) in [6.07, 6.45) is 4.16. The summed E-state index contributed by atoms with van der Waals surface area (Å²) in [6, 6.07) is 5.13. The van der Waals surface area contributed by atoms with E-state index in [1.165, 1.54) is 0 Å². The second kappa shape index (κ2) is 6.68. The molecule has 0 saturated carbocycles. The highest BCUT2D eigenvalue weighted by Gasteiger charge is 2.23. The molecule has 6 heteroatoms. The first kappa shape index (κ1) is 14.7. The Labute approximate surface area is 129 Å². The molecule has 2 aliphatic heterocycles. The SMILES string of the molecule is O=C(Nc1ccc2c(c1)OCCO2)C(=O)N1CCCCCC1. The minimum Gasteiger partial charge on any atom is -0.486 e. The molecule has 6 nitrogen and oxygen atoms in total. The van der Waals surface area contributed by atoms with Crippen LogP contribution < -0.4 is 14.8 Å². The first-order valence-corrected chi connectivity index (χ1v) is 7.74. The number of carbonyl (C=O) groups is 2. The first-order valence-electron chi connectivity index (χ1n) is 7.74. The van der Waals surface area contributed by atoms with Gasteiger partial charge in [-0.05, 0) is 25.0 Å². The number of ether oxygens (including phenoxy) is 2. The Morgan fingerprint density at radius 2 is 1.64 bits per heavy atom. The minimum absolute atomic E-state index is 0.461. The van der Waals surface area contributed by atoms with Crippen molar-refractivity contribution in [1.29, 1.82) is 0 Å². The van der Waals surface area contributed by atoms with Crippen LogP contribution in [0.5, 0.6) is 11.5 Å². The van der Waals surface area contributed by atoms with Crippen molar-refractivity contribution in [3.63, 3.8) is 0 Å². The summed E-state index contributed by atoms with van der Waals surface area (Å²) in [5, 5.41) is 2.64. The van der Waals surface area contributed by atoms with Crippen molar-refractivity contribution in [2.45, 2.75) is 25.7 Å². The van der Waals surface area contributed by atoms with Crippen LogP contribution in [0.25, 0.3) is 0 Å². The van der Waals surface area contributed by atoms with E-state index in [2.05, 4.69) is 5.32 Å². The molecule has 0 unspecified atom stereocenters. The minimum atomic E-state index is -0.599. The summed E-state index contributed by atoms with van der Waals surface area (Å²) in [7, 11) is 0. The molecule has 2 amide bonds. The highest BCUT2D eigenvalue weighted by molar-refractivity contribution is 6.39. The van der Waals surface area contributed by atoms with Crippen LogP contribution in [0.2, 0.25) is 0 Å². The van der Waals surface area contributed by atoms with Crippen molar-refractivity contribution in [1.82, 2.24) is 4.90 Å². The highest BCUT2D eigenvalue weighted by atomic mass is 16.6. The average molecular weight is 304 g/mol. The molecular weight excluding hydrogens is 284 g/mol. The van der Waals surface area contributed by atoms with Crippen LogP contribution >= 0.6 is 0 Å². The summed E-state index contributed by atoms with van der Waals surface area (Å²) in [5.74, 6) is 0.185. The predicted molar refractivity (Wildman–Crippen MR) is 81.1 cm³/mol. The molecule has 0 bridgehead atoms. The molecule has 1 saturated heterocycles. The second-order valence-corrected chi connectivity index (χ2v) is 5.52. The average Bonchev–Trinajstić information content (AvgIpc) is 2.83. The Hall–Kier alpha value is -2.24. The normalized spacial score (nSPS) is 17.5. The van der Waals surface area contributed by atoms with Crippen molar-refractivity contribution in [2.75, 3.05) is 31.6 Å². The summed E-state index contributed by atoms with van der Waals surface area (Å²) < 4.78 is 10.9. The largest absolute Gasteiger partial charge is 0.486 e. The van der Waals surface area contributed by atoms with Gasteiger partial charge in [0.1, 0.15) is 13.2 Å². The summed E-state index contributed by atoms with van der Waals surface area (Å²) in [4.78, 5) is 26.0. The number of likely N-dealkylation sites (tertiary alicyclic amines) is 1. The van der Waals surface area contributed by atoms with Gasteiger partial charge in [0, 0.05) is 24.8 Å². The molecule has 1 aromatic carbocycles. The van der Waals surface area contributed by atoms with E-state index in [4.69, 9.17) is 9.47 Å². The zero-order valence-corrected chi connectivity index (χ0v) is 12.5. The summed E-state index contributed by atoms with van der Waals surface area (Å²) in [5.41, 5.74) is 0.539. The fourth-order valence-electron chi connectivity index (χ4n) is 2.72. The van der Waals surface area contributed by atoms with Crippen molar-refractivity contribution >= 4 is 17.5 Å². The summed E-state index contributed by atoms with van der Waals surface area (Å²) >= 11 is 0. The maximum Gasteiger partial charge on any atom is 0.313 e. The first-order chi connectivity index (χ1) is 10.7. The fraction of sp³-hybridized carbons (Fsp3) is 0.500. The van der Waals surface area contributed by atoms with Crippen molar-refractivity contribution in [3.8, 4) is 11.5 Å². The Kier molecular flexibility index (Phi) is 4.46. The molecule has 0 atom stereocenters. The second-order valence-electron chi connectivity index (χ2n) is 5.52.